The van der Waals surface area contributed by atoms with E-state index in [0.717, 1.165) is 5.92 Å². The number of benzene rings is 2. The van der Waals surface area contributed by atoms with Crippen LogP contribution in [0.2, 0.25) is 13.0 Å². The van der Waals surface area contributed by atoms with Gasteiger partial charge in [0.25, 0.3) is 0 Å². The van der Waals surface area contributed by atoms with Crippen LogP contribution in [0.5, 0.6) is 0 Å². The molecule has 0 bridgehead atoms. The van der Waals surface area contributed by atoms with Crippen LogP contribution in [0, 0.1) is 5.92 Å². The van der Waals surface area contributed by atoms with Crippen molar-refractivity contribution in [3.8, 4) is 11.1 Å². The molecule has 0 saturated heterocycles. The van der Waals surface area contributed by atoms with Crippen LogP contribution in [0.3, 0.4) is 0 Å². The molecule has 0 N–H and O–H groups in total. The van der Waals surface area contributed by atoms with Crippen molar-refractivity contribution in [2.24, 2.45) is 5.92 Å². The zero-order chi connectivity index (χ0) is 25.2. The average molecular weight is 633 g/mol. The van der Waals surface area contributed by atoms with Gasteiger partial charge in [0, 0.05) is 0 Å². The van der Waals surface area contributed by atoms with Crippen molar-refractivity contribution < 1.29 is 18.0 Å². The Balaban J connectivity index is 1.84. The SMILES string of the molecule is CC(C)(C)c1ccc2c(c1)[CH]([Hf]([CH3])([CH3])(=[CH]C1CCCC1)[CH]1C=CC=C1)c1cc(C(C)(C)C)ccc1-2. The second kappa shape index (κ2) is 8.34. The molecular formula is C34H46Hf. The van der Waals surface area contributed by atoms with Gasteiger partial charge in [-0.25, -0.2) is 0 Å². The van der Waals surface area contributed by atoms with Gasteiger partial charge in [0.1, 0.15) is 0 Å². The summed E-state index contributed by atoms with van der Waals surface area (Å²) in [5, 5.41) is 0. The first-order valence-electron chi connectivity index (χ1n) is 14.0. The molecule has 0 aromatic heterocycles. The molecule has 0 nitrogen and oxygen atoms in total. The minimum atomic E-state index is -3.77. The van der Waals surface area contributed by atoms with E-state index in [1.807, 2.05) is 0 Å². The number of hydrogen-bond donors (Lipinski definition) is 0. The Morgan fingerprint density at radius 1 is 0.714 bits per heavy atom. The summed E-state index contributed by atoms with van der Waals surface area (Å²) in [6.07, 6.45) is 15.4. The molecule has 1 heteroatoms. The molecule has 186 valence electrons. The van der Waals surface area contributed by atoms with Crippen LogP contribution < -0.4 is 0 Å². The predicted octanol–water partition coefficient (Wildman–Crippen LogP) is 10.0. The van der Waals surface area contributed by atoms with Crippen molar-refractivity contribution in [3.05, 3.63) is 83.0 Å². The van der Waals surface area contributed by atoms with Crippen molar-refractivity contribution in [1.29, 1.82) is 0 Å². The molecule has 0 atom stereocenters. The zero-order valence-electron chi connectivity index (χ0n) is 23.4. The summed E-state index contributed by atoms with van der Waals surface area (Å²) in [5.41, 5.74) is 9.50. The van der Waals surface area contributed by atoms with Gasteiger partial charge in [0.15, 0.2) is 0 Å². The van der Waals surface area contributed by atoms with E-state index >= 15 is 0 Å². The van der Waals surface area contributed by atoms with Crippen LogP contribution >= 0.6 is 0 Å². The predicted molar refractivity (Wildman–Crippen MR) is 153 cm³/mol. The fourth-order valence-electron chi connectivity index (χ4n) is 7.48. The first kappa shape index (κ1) is 25.3. The monoisotopic (exact) mass is 634 g/mol. The van der Waals surface area contributed by atoms with E-state index in [2.05, 4.69) is 115 Å². The molecular weight excluding hydrogens is 587 g/mol. The van der Waals surface area contributed by atoms with Gasteiger partial charge in [-0.3, -0.25) is 0 Å². The van der Waals surface area contributed by atoms with E-state index in [4.69, 9.17) is 0 Å². The van der Waals surface area contributed by atoms with Gasteiger partial charge >= 0.3 is 217 Å². The van der Waals surface area contributed by atoms with Crippen LogP contribution in [0.4, 0.5) is 0 Å². The molecule has 3 aliphatic carbocycles. The first-order valence-corrected chi connectivity index (χ1v) is 27.4. The van der Waals surface area contributed by atoms with E-state index in [9.17, 15) is 0 Å². The summed E-state index contributed by atoms with van der Waals surface area (Å²) in [6, 6.07) is 14.9. The molecule has 2 aromatic carbocycles. The van der Waals surface area contributed by atoms with E-state index in [1.165, 1.54) is 47.9 Å². The second-order valence-corrected chi connectivity index (χ2v) is 40.1. The van der Waals surface area contributed by atoms with E-state index in [0.29, 0.717) is 7.35 Å². The Bertz CT molecular complexity index is 1200. The average Bonchev–Trinajstić information content (AvgIpc) is 3.51. The third-order valence-electron chi connectivity index (χ3n) is 9.62. The van der Waals surface area contributed by atoms with Crippen molar-refractivity contribution in [2.45, 2.75) is 94.8 Å². The van der Waals surface area contributed by atoms with Crippen LogP contribution in [-0.4, -0.2) is 3.76 Å². The fourth-order valence-corrected chi connectivity index (χ4v) is 30.8. The molecule has 0 heterocycles. The third-order valence-corrected chi connectivity index (χ3v) is 32.8. The van der Waals surface area contributed by atoms with Crippen LogP contribution in [0.1, 0.15) is 93.2 Å². The Kier molecular flexibility index (Phi) is 6.03. The van der Waals surface area contributed by atoms with Crippen molar-refractivity contribution in [1.82, 2.24) is 0 Å². The molecule has 5 rings (SSSR count). The van der Waals surface area contributed by atoms with Gasteiger partial charge in [-0.2, -0.15) is 0 Å². The third kappa shape index (κ3) is 4.28. The van der Waals surface area contributed by atoms with Crippen LogP contribution in [0.25, 0.3) is 11.1 Å². The molecule has 0 amide bonds. The molecule has 0 spiro atoms. The topological polar surface area (TPSA) is 0 Å². The van der Waals surface area contributed by atoms with Crippen molar-refractivity contribution >= 4 is 3.76 Å². The first-order chi connectivity index (χ1) is 16.3. The maximum atomic E-state index is 3.03. The standard InChI is InChI=1S/C21H25.C6H10.C5H5.2CH3.Hf/c1-20(2,3)16-7-9-18-14(12-16)11-15-13-17(21(4,5)6)8-10-19(15)18;1-6-4-2-3-5-6;1-2-4-5-3-1;;;/h7-13H,1-6H3;1,6H,2-5H2;1-5H;2*1H3;. The molecule has 35 heavy (non-hydrogen) atoms. The fraction of sp³-hybridized carbons (Fsp3) is 0.500. The van der Waals surface area contributed by atoms with Crippen LogP contribution in [-0.2, 0) is 28.8 Å². The number of hydrogen-bond acceptors (Lipinski definition) is 0. The van der Waals surface area contributed by atoms with Gasteiger partial charge in [0.2, 0.25) is 0 Å². The van der Waals surface area contributed by atoms with Gasteiger partial charge in [-0.1, -0.05) is 0 Å². The second-order valence-electron chi connectivity index (χ2n) is 14.8. The Labute approximate surface area is 215 Å². The molecule has 2 aromatic rings. The number of fused-ring (bicyclic) bond motifs is 3. The van der Waals surface area contributed by atoms with Crippen LogP contribution in [0.15, 0.2) is 60.7 Å². The molecule has 1 fully saturated rings. The van der Waals surface area contributed by atoms with Gasteiger partial charge in [0.05, 0.1) is 0 Å². The number of allylic oxidation sites excluding steroid dienone is 4. The summed E-state index contributed by atoms with van der Waals surface area (Å²) < 4.78 is 9.79. The zero-order valence-corrected chi connectivity index (χ0v) is 27.0. The van der Waals surface area contributed by atoms with Gasteiger partial charge in [-0.05, 0) is 0 Å². The summed E-state index contributed by atoms with van der Waals surface area (Å²) >= 11 is -3.77. The molecule has 0 radical (unpaired) electrons. The Morgan fingerprint density at radius 2 is 1.17 bits per heavy atom. The number of rotatable bonds is 3. The molecule has 1 saturated carbocycles. The van der Waals surface area contributed by atoms with Crippen molar-refractivity contribution in [2.75, 3.05) is 0 Å². The van der Waals surface area contributed by atoms with Gasteiger partial charge < -0.3 is 0 Å². The molecule has 0 unspecified atom stereocenters. The summed E-state index contributed by atoms with van der Waals surface area (Å²) in [7, 11) is 0. The molecule has 3 aliphatic rings. The summed E-state index contributed by atoms with van der Waals surface area (Å²) in [4.78, 5) is 0. The quantitative estimate of drug-likeness (QED) is 0.295. The molecule has 0 aliphatic heterocycles. The normalized spacial score (nSPS) is 19.5. The minimum absolute atomic E-state index is 0.154. The van der Waals surface area contributed by atoms with E-state index < -0.39 is 18.0 Å². The Morgan fingerprint density at radius 3 is 1.60 bits per heavy atom. The van der Waals surface area contributed by atoms with Crippen molar-refractivity contribution in [3.63, 3.8) is 0 Å². The van der Waals surface area contributed by atoms with Gasteiger partial charge in [-0.15, -0.1) is 0 Å². The summed E-state index contributed by atoms with van der Waals surface area (Å²) in [6.45, 7) is 14.2. The summed E-state index contributed by atoms with van der Waals surface area (Å²) in [5.74, 6) is 0.798. The maximum absolute atomic E-state index is 3.77. The van der Waals surface area contributed by atoms with E-state index in [1.54, 1.807) is 11.1 Å². The van der Waals surface area contributed by atoms with E-state index in [-0.39, 0.29) is 10.8 Å². The Hall–Kier alpha value is -1.34.